The van der Waals surface area contributed by atoms with Gasteiger partial charge in [-0.2, -0.15) is 0 Å². The standard InChI is InChI=1S/C30H45N7O4/c1-3-41-28-11-5-4-10-27(28)37(30(39)40)23-20-35-18-21-36(22-19-35)26-9-6-8-25(24-26)32-29(38)31-12-7-13-34-16-14-33(2)15-17-34/h4-6,8-11,24H,3,7,12-23H2,1-2H3,(H,39,40)(H2,31,32,38). The van der Waals surface area contributed by atoms with Crippen LogP contribution < -0.4 is 25.2 Å². The van der Waals surface area contributed by atoms with Gasteiger partial charge in [-0.25, -0.2) is 9.59 Å². The Kier molecular flexibility index (Phi) is 11.5. The Morgan fingerprint density at radius 3 is 2.37 bits per heavy atom. The van der Waals surface area contributed by atoms with Crippen LogP contribution >= 0.6 is 0 Å². The summed E-state index contributed by atoms with van der Waals surface area (Å²) in [6, 6.07) is 15.0. The molecule has 0 aromatic heterocycles. The number of urea groups is 1. The molecule has 2 aliphatic heterocycles. The number of nitrogens with zero attached hydrogens (tertiary/aromatic N) is 5. The molecule has 224 valence electrons. The van der Waals surface area contributed by atoms with E-state index in [9.17, 15) is 14.7 Å². The number of carboxylic acid groups (broad SMARTS) is 1. The van der Waals surface area contributed by atoms with Gasteiger partial charge in [0, 0.05) is 83.4 Å². The van der Waals surface area contributed by atoms with Crippen molar-refractivity contribution in [3.8, 4) is 5.75 Å². The fourth-order valence-corrected chi connectivity index (χ4v) is 5.28. The van der Waals surface area contributed by atoms with E-state index in [1.165, 1.54) is 4.90 Å². The van der Waals surface area contributed by atoms with Gasteiger partial charge < -0.3 is 35.2 Å². The first kappa shape index (κ1) is 30.4. The van der Waals surface area contributed by atoms with Gasteiger partial charge in [0.2, 0.25) is 0 Å². The summed E-state index contributed by atoms with van der Waals surface area (Å²) >= 11 is 0. The summed E-state index contributed by atoms with van der Waals surface area (Å²) in [5, 5.41) is 15.8. The first-order valence-electron chi connectivity index (χ1n) is 14.7. The Hall–Kier alpha value is -3.54. The molecule has 2 heterocycles. The maximum absolute atomic E-state index is 12.5. The fraction of sp³-hybridized carbons (Fsp3) is 0.533. The van der Waals surface area contributed by atoms with E-state index >= 15 is 0 Å². The van der Waals surface area contributed by atoms with Crippen molar-refractivity contribution in [3.05, 3.63) is 48.5 Å². The van der Waals surface area contributed by atoms with Crippen LogP contribution in [0.1, 0.15) is 13.3 Å². The second-order valence-corrected chi connectivity index (χ2v) is 10.6. The number of hydrogen-bond donors (Lipinski definition) is 3. The van der Waals surface area contributed by atoms with Gasteiger partial charge in [0.15, 0.2) is 0 Å². The molecule has 2 aromatic rings. The highest BCUT2D eigenvalue weighted by atomic mass is 16.5. The number of para-hydroxylation sites is 2. The molecular weight excluding hydrogens is 522 g/mol. The lowest BCUT2D eigenvalue weighted by Crippen LogP contribution is -2.49. The third-order valence-corrected chi connectivity index (χ3v) is 7.70. The van der Waals surface area contributed by atoms with Gasteiger partial charge in [-0.15, -0.1) is 0 Å². The average Bonchev–Trinajstić information content (AvgIpc) is 2.98. The molecule has 0 aliphatic carbocycles. The van der Waals surface area contributed by atoms with Crippen LogP contribution in [0.2, 0.25) is 0 Å². The molecule has 3 amide bonds. The van der Waals surface area contributed by atoms with E-state index in [0.29, 0.717) is 37.7 Å². The van der Waals surface area contributed by atoms with Crippen molar-refractivity contribution in [2.75, 3.05) is 107 Å². The minimum atomic E-state index is -0.987. The summed E-state index contributed by atoms with van der Waals surface area (Å²) in [6.07, 6.45) is -0.0517. The molecule has 2 aromatic carbocycles. The molecule has 0 bridgehead atoms. The Labute approximate surface area is 243 Å². The monoisotopic (exact) mass is 567 g/mol. The number of hydrogen-bond acceptors (Lipinski definition) is 7. The zero-order chi connectivity index (χ0) is 29.0. The van der Waals surface area contributed by atoms with Crippen molar-refractivity contribution in [1.82, 2.24) is 20.0 Å². The van der Waals surface area contributed by atoms with Crippen molar-refractivity contribution < 1.29 is 19.4 Å². The van der Waals surface area contributed by atoms with Gasteiger partial charge in [-0.1, -0.05) is 18.2 Å². The van der Waals surface area contributed by atoms with Crippen LogP contribution in [0, 0.1) is 0 Å². The number of carbonyl (C=O) groups excluding carboxylic acids is 1. The molecule has 0 unspecified atom stereocenters. The van der Waals surface area contributed by atoms with Gasteiger partial charge in [0.1, 0.15) is 5.75 Å². The Bertz CT molecular complexity index is 1120. The third-order valence-electron chi connectivity index (χ3n) is 7.70. The summed E-state index contributed by atoms with van der Waals surface area (Å²) in [5.74, 6) is 0.579. The van der Waals surface area contributed by atoms with Crippen molar-refractivity contribution in [3.63, 3.8) is 0 Å². The highest BCUT2D eigenvalue weighted by Crippen LogP contribution is 2.28. The molecule has 2 aliphatic rings. The van der Waals surface area contributed by atoms with Gasteiger partial charge >= 0.3 is 12.1 Å². The summed E-state index contributed by atoms with van der Waals surface area (Å²) in [6.45, 7) is 12.7. The van der Waals surface area contributed by atoms with Gasteiger partial charge in [-0.3, -0.25) is 9.80 Å². The normalized spacial score (nSPS) is 16.8. The number of rotatable bonds is 12. The van der Waals surface area contributed by atoms with E-state index in [4.69, 9.17) is 4.74 Å². The predicted octanol–water partition coefficient (Wildman–Crippen LogP) is 3.15. The molecule has 2 fully saturated rings. The van der Waals surface area contributed by atoms with Gasteiger partial charge in [0.05, 0.1) is 12.3 Å². The summed E-state index contributed by atoms with van der Waals surface area (Å²) in [4.78, 5) is 35.2. The number of amides is 3. The van der Waals surface area contributed by atoms with Crippen molar-refractivity contribution in [2.24, 2.45) is 0 Å². The van der Waals surface area contributed by atoms with Crippen LogP contribution in [0.3, 0.4) is 0 Å². The second kappa shape index (κ2) is 15.5. The Balaban J connectivity index is 1.19. The van der Waals surface area contributed by atoms with Crippen LogP contribution in [0.5, 0.6) is 5.75 Å². The maximum Gasteiger partial charge on any atom is 0.411 e. The molecule has 2 saturated heterocycles. The van der Waals surface area contributed by atoms with E-state index in [1.54, 1.807) is 12.1 Å². The van der Waals surface area contributed by atoms with Gasteiger partial charge in [0.25, 0.3) is 0 Å². The molecule has 11 heteroatoms. The predicted molar refractivity (Wildman–Crippen MR) is 164 cm³/mol. The number of carbonyl (C=O) groups is 2. The Morgan fingerprint density at radius 1 is 0.927 bits per heavy atom. The number of likely N-dealkylation sites (N-methyl/N-ethyl adjacent to an activating group) is 1. The first-order valence-corrected chi connectivity index (χ1v) is 14.7. The lowest BCUT2D eigenvalue weighted by atomic mass is 10.2. The van der Waals surface area contributed by atoms with Crippen LogP contribution in [-0.2, 0) is 0 Å². The van der Waals surface area contributed by atoms with E-state index in [0.717, 1.165) is 76.7 Å². The molecule has 0 spiro atoms. The van der Waals surface area contributed by atoms with E-state index < -0.39 is 6.09 Å². The van der Waals surface area contributed by atoms with Crippen molar-refractivity contribution in [2.45, 2.75) is 13.3 Å². The van der Waals surface area contributed by atoms with E-state index in [1.807, 2.05) is 37.3 Å². The SMILES string of the molecule is CCOc1ccccc1N(CCN1CCN(c2cccc(NC(=O)NCCCN3CCN(C)CC3)c2)CC1)C(=O)O. The summed E-state index contributed by atoms with van der Waals surface area (Å²) < 4.78 is 5.65. The summed E-state index contributed by atoms with van der Waals surface area (Å²) in [7, 11) is 2.15. The van der Waals surface area contributed by atoms with Crippen LogP contribution in [0.15, 0.2) is 48.5 Å². The molecule has 0 atom stereocenters. The molecular formula is C30H45N7O4. The number of benzene rings is 2. The number of nitrogens with one attached hydrogen (secondary N) is 2. The second-order valence-electron chi connectivity index (χ2n) is 10.6. The molecule has 0 radical (unpaired) electrons. The number of piperazine rings is 2. The molecule has 11 nitrogen and oxygen atoms in total. The Morgan fingerprint density at radius 2 is 1.63 bits per heavy atom. The zero-order valence-corrected chi connectivity index (χ0v) is 24.4. The average molecular weight is 568 g/mol. The first-order chi connectivity index (χ1) is 19.9. The molecule has 4 rings (SSSR count). The van der Waals surface area contributed by atoms with Crippen LogP contribution in [-0.4, -0.2) is 124 Å². The molecule has 41 heavy (non-hydrogen) atoms. The quantitative estimate of drug-likeness (QED) is 0.336. The topological polar surface area (TPSA) is 104 Å². The summed E-state index contributed by atoms with van der Waals surface area (Å²) in [5.41, 5.74) is 2.41. The lowest BCUT2D eigenvalue weighted by molar-refractivity contribution is 0.153. The highest BCUT2D eigenvalue weighted by Gasteiger charge is 2.22. The minimum Gasteiger partial charge on any atom is -0.492 e. The number of ether oxygens (including phenoxy) is 1. The molecule has 0 saturated carbocycles. The number of anilines is 3. The zero-order valence-electron chi connectivity index (χ0n) is 24.4. The lowest BCUT2D eigenvalue weighted by Gasteiger charge is -2.37. The van der Waals surface area contributed by atoms with E-state index in [-0.39, 0.29) is 6.03 Å². The smallest absolute Gasteiger partial charge is 0.411 e. The van der Waals surface area contributed by atoms with E-state index in [2.05, 4.69) is 43.3 Å². The largest absolute Gasteiger partial charge is 0.492 e. The third kappa shape index (κ3) is 9.24. The maximum atomic E-state index is 12.5. The van der Waals surface area contributed by atoms with Crippen LogP contribution in [0.25, 0.3) is 0 Å². The van der Waals surface area contributed by atoms with Crippen molar-refractivity contribution in [1.29, 1.82) is 0 Å². The molecule has 3 N–H and O–H groups in total. The van der Waals surface area contributed by atoms with Gasteiger partial charge in [-0.05, 0) is 57.3 Å². The van der Waals surface area contributed by atoms with Crippen LogP contribution in [0.4, 0.5) is 26.7 Å². The van der Waals surface area contributed by atoms with Crippen molar-refractivity contribution >= 4 is 29.2 Å². The minimum absolute atomic E-state index is 0.181. The highest BCUT2D eigenvalue weighted by molar-refractivity contribution is 5.90. The fourth-order valence-electron chi connectivity index (χ4n) is 5.28.